The van der Waals surface area contributed by atoms with E-state index >= 15 is 0 Å². The number of nitrogens with zero attached hydrogens (tertiary/aromatic N) is 2. The van der Waals surface area contributed by atoms with Crippen molar-refractivity contribution >= 4 is 5.91 Å². The molecule has 0 spiro atoms. The van der Waals surface area contributed by atoms with Gasteiger partial charge in [0.15, 0.2) is 0 Å². The Bertz CT molecular complexity index is 1050. The standard InChI is InChI=1S/C24H27FN4O3/c25-18-10-5-9-17(23(18)21-13-19(28-29-21)15-6-1-2-7-15)24(32)27-20(22(31)14-30)12-16-8-3-4-11-26-16/h3-5,8-11,13,15,20,22,30-31H,1-2,6-7,12,14H2,(H,27,32)(H,28,29)/t20-,22-/m1/s1. The molecule has 1 saturated carbocycles. The maximum atomic E-state index is 14.9. The molecule has 0 radical (unpaired) electrons. The minimum absolute atomic E-state index is 0.112. The Kier molecular flexibility index (Phi) is 6.92. The van der Waals surface area contributed by atoms with E-state index in [9.17, 15) is 19.4 Å². The van der Waals surface area contributed by atoms with E-state index in [1.807, 2.05) is 6.07 Å². The van der Waals surface area contributed by atoms with Gasteiger partial charge >= 0.3 is 0 Å². The van der Waals surface area contributed by atoms with E-state index in [1.165, 1.54) is 18.2 Å². The number of rotatable bonds is 8. The van der Waals surface area contributed by atoms with Gasteiger partial charge in [0.1, 0.15) is 5.82 Å². The van der Waals surface area contributed by atoms with Crippen LogP contribution < -0.4 is 5.32 Å². The molecule has 0 aliphatic heterocycles. The number of aliphatic hydroxyl groups is 2. The number of hydrogen-bond donors (Lipinski definition) is 4. The number of aromatic amines is 1. The number of hydrogen-bond acceptors (Lipinski definition) is 5. The van der Waals surface area contributed by atoms with E-state index in [1.54, 1.807) is 24.4 Å². The molecule has 0 bridgehead atoms. The van der Waals surface area contributed by atoms with E-state index < -0.39 is 30.5 Å². The van der Waals surface area contributed by atoms with E-state index in [2.05, 4.69) is 20.5 Å². The van der Waals surface area contributed by atoms with Gasteiger partial charge in [0, 0.05) is 29.9 Å². The molecule has 3 aromatic rings. The third-order valence-electron chi connectivity index (χ3n) is 6.03. The van der Waals surface area contributed by atoms with Crippen molar-refractivity contribution in [2.75, 3.05) is 6.61 Å². The minimum atomic E-state index is -1.20. The van der Waals surface area contributed by atoms with Gasteiger partial charge in [-0.05, 0) is 43.2 Å². The minimum Gasteiger partial charge on any atom is -0.394 e. The summed E-state index contributed by atoms with van der Waals surface area (Å²) in [6, 6.07) is 10.6. The third kappa shape index (κ3) is 4.87. The van der Waals surface area contributed by atoms with Crippen LogP contribution in [0.25, 0.3) is 11.3 Å². The SMILES string of the molecule is O=C(N[C@H](Cc1ccccn1)[C@H](O)CO)c1cccc(F)c1-c1cc(C2CCCC2)[nH]n1. The topological polar surface area (TPSA) is 111 Å². The van der Waals surface area contributed by atoms with Crippen molar-refractivity contribution in [3.05, 3.63) is 71.4 Å². The van der Waals surface area contributed by atoms with Gasteiger partial charge in [-0.1, -0.05) is 25.0 Å². The lowest BCUT2D eigenvalue weighted by Crippen LogP contribution is -2.46. The molecule has 1 aliphatic rings. The van der Waals surface area contributed by atoms with E-state index in [-0.39, 0.29) is 17.5 Å². The molecule has 2 atom stereocenters. The highest BCUT2D eigenvalue weighted by Crippen LogP contribution is 2.35. The molecular formula is C24H27FN4O3. The van der Waals surface area contributed by atoms with Crippen LogP contribution in [-0.2, 0) is 6.42 Å². The predicted octanol–water partition coefficient (Wildman–Crippen LogP) is 2.96. The third-order valence-corrected chi connectivity index (χ3v) is 6.03. The van der Waals surface area contributed by atoms with Gasteiger partial charge in [-0.25, -0.2) is 4.39 Å². The van der Waals surface area contributed by atoms with Crippen LogP contribution in [0, 0.1) is 5.82 Å². The Morgan fingerprint density at radius 2 is 2.03 bits per heavy atom. The number of halogens is 1. The first-order valence-electron chi connectivity index (χ1n) is 10.9. The Balaban J connectivity index is 1.60. The molecule has 0 unspecified atom stereocenters. The maximum Gasteiger partial charge on any atom is 0.252 e. The Morgan fingerprint density at radius 3 is 2.75 bits per heavy atom. The van der Waals surface area contributed by atoms with Crippen molar-refractivity contribution < 1.29 is 19.4 Å². The second-order valence-electron chi connectivity index (χ2n) is 8.21. The van der Waals surface area contributed by atoms with Gasteiger partial charge in [0.05, 0.1) is 35.6 Å². The second-order valence-corrected chi connectivity index (χ2v) is 8.21. The summed E-state index contributed by atoms with van der Waals surface area (Å²) in [7, 11) is 0. The molecule has 168 valence electrons. The number of carbonyl (C=O) groups is 1. The van der Waals surface area contributed by atoms with Gasteiger partial charge in [-0.3, -0.25) is 14.9 Å². The van der Waals surface area contributed by atoms with Crippen LogP contribution in [0.4, 0.5) is 4.39 Å². The molecule has 0 saturated heterocycles. The van der Waals surface area contributed by atoms with E-state index in [0.717, 1.165) is 31.4 Å². The first-order valence-corrected chi connectivity index (χ1v) is 10.9. The lowest BCUT2D eigenvalue weighted by atomic mass is 9.99. The number of nitrogens with one attached hydrogen (secondary N) is 2. The highest BCUT2D eigenvalue weighted by molar-refractivity contribution is 6.00. The number of aromatic nitrogens is 3. The fourth-order valence-corrected chi connectivity index (χ4v) is 4.29. The summed E-state index contributed by atoms with van der Waals surface area (Å²) in [5.41, 5.74) is 2.21. The van der Waals surface area contributed by atoms with Crippen LogP contribution >= 0.6 is 0 Å². The van der Waals surface area contributed by atoms with Crippen molar-refractivity contribution in [1.29, 1.82) is 0 Å². The predicted molar refractivity (Wildman–Crippen MR) is 117 cm³/mol. The summed E-state index contributed by atoms with van der Waals surface area (Å²) in [5.74, 6) is -0.729. The first-order chi connectivity index (χ1) is 15.6. The summed E-state index contributed by atoms with van der Waals surface area (Å²) in [6.07, 6.45) is 5.10. The highest BCUT2D eigenvalue weighted by Gasteiger charge is 2.26. The monoisotopic (exact) mass is 438 g/mol. The zero-order chi connectivity index (χ0) is 22.5. The molecule has 1 aromatic carbocycles. The highest BCUT2D eigenvalue weighted by atomic mass is 19.1. The van der Waals surface area contributed by atoms with Gasteiger partial charge in [0.2, 0.25) is 0 Å². The summed E-state index contributed by atoms with van der Waals surface area (Å²) >= 11 is 0. The molecule has 2 aromatic heterocycles. The largest absolute Gasteiger partial charge is 0.394 e. The number of pyridine rings is 1. The normalized spacial score (nSPS) is 16.1. The van der Waals surface area contributed by atoms with Crippen molar-refractivity contribution in [3.8, 4) is 11.3 Å². The Morgan fingerprint density at radius 1 is 1.22 bits per heavy atom. The van der Waals surface area contributed by atoms with Crippen molar-refractivity contribution in [2.24, 2.45) is 0 Å². The summed E-state index contributed by atoms with van der Waals surface area (Å²) in [5, 5.41) is 29.7. The summed E-state index contributed by atoms with van der Waals surface area (Å²) in [4.78, 5) is 17.4. The smallest absolute Gasteiger partial charge is 0.252 e. The lowest BCUT2D eigenvalue weighted by Gasteiger charge is -2.23. The van der Waals surface area contributed by atoms with Crippen LogP contribution in [0.2, 0.25) is 0 Å². The number of aliphatic hydroxyl groups excluding tert-OH is 2. The average molecular weight is 439 g/mol. The molecule has 1 amide bonds. The summed E-state index contributed by atoms with van der Waals surface area (Å²) < 4.78 is 14.9. The number of H-pyrrole nitrogens is 1. The lowest BCUT2D eigenvalue weighted by molar-refractivity contribution is 0.0565. The first kappa shape index (κ1) is 22.1. The van der Waals surface area contributed by atoms with Crippen molar-refractivity contribution in [3.63, 3.8) is 0 Å². The number of benzene rings is 1. The molecule has 32 heavy (non-hydrogen) atoms. The van der Waals surface area contributed by atoms with Crippen LogP contribution in [0.15, 0.2) is 48.7 Å². The van der Waals surface area contributed by atoms with Gasteiger partial charge < -0.3 is 15.5 Å². The Hall–Kier alpha value is -3.10. The molecular weight excluding hydrogens is 411 g/mol. The molecule has 1 fully saturated rings. The quantitative estimate of drug-likeness (QED) is 0.432. The van der Waals surface area contributed by atoms with Gasteiger partial charge in [-0.2, -0.15) is 5.10 Å². The molecule has 4 rings (SSSR count). The number of amides is 1. The molecule has 2 heterocycles. The molecule has 7 nitrogen and oxygen atoms in total. The van der Waals surface area contributed by atoms with Crippen LogP contribution in [0.5, 0.6) is 0 Å². The molecule has 4 N–H and O–H groups in total. The van der Waals surface area contributed by atoms with Crippen LogP contribution in [-0.4, -0.2) is 50.1 Å². The fraction of sp³-hybridized carbons (Fsp3) is 0.375. The van der Waals surface area contributed by atoms with Gasteiger partial charge in [0.25, 0.3) is 5.91 Å². The Labute approximate surface area is 185 Å². The second kappa shape index (κ2) is 10.0. The zero-order valence-electron chi connectivity index (χ0n) is 17.7. The van der Waals surface area contributed by atoms with Crippen molar-refractivity contribution in [1.82, 2.24) is 20.5 Å². The number of carbonyl (C=O) groups excluding carboxylic acids is 1. The zero-order valence-corrected chi connectivity index (χ0v) is 17.7. The maximum absolute atomic E-state index is 14.9. The fourth-order valence-electron chi connectivity index (χ4n) is 4.29. The van der Waals surface area contributed by atoms with E-state index in [0.29, 0.717) is 17.3 Å². The van der Waals surface area contributed by atoms with Gasteiger partial charge in [-0.15, -0.1) is 0 Å². The van der Waals surface area contributed by atoms with Crippen molar-refractivity contribution in [2.45, 2.75) is 50.2 Å². The molecule has 1 aliphatic carbocycles. The molecule has 8 heteroatoms. The van der Waals surface area contributed by atoms with Crippen LogP contribution in [0.3, 0.4) is 0 Å². The van der Waals surface area contributed by atoms with Crippen LogP contribution in [0.1, 0.15) is 53.3 Å². The van der Waals surface area contributed by atoms with E-state index in [4.69, 9.17) is 0 Å². The summed E-state index contributed by atoms with van der Waals surface area (Å²) in [6.45, 7) is -0.530. The average Bonchev–Trinajstić information content (AvgIpc) is 3.50.